The first-order valence-electron chi connectivity index (χ1n) is 11.0. The number of esters is 3. The van der Waals surface area contributed by atoms with Gasteiger partial charge in [-0.15, -0.1) is 0 Å². The van der Waals surface area contributed by atoms with Gasteiger partial charge in [0.2, 0.25) is 9.04 Å². The Hall–Kier alpha value is -2.60. The summed E-state index contributed by atoms with van der Waals surface area (Å²) >= 11 is 0. The summed E-state index contributed by atoms with van der Waals surface area (Å²) in [5.74, 6) is -6.13. The van der Waals surface area contributed by atoms with Crippen molar-refractivity contribution in [2.45, 2.75) is 51.7 Å². The van der Waals surface area contributed by atoms with E-state index in [4.69, 9.17) is 23.4 Å². The largest absolute Gasteiger partial charge is 0.463 e. The van der Waals surface area contributed by atoms with Crippen LogP contribution in [0.4, 0.5) is 0 Å². The Balaban J connectivity index is 2.16. The SMILES string of the molecule is CCC(c1ccccc1)C1C(=O)OC(=O)C1C(OC=O)C(C)C(=O)OCC(O)OCO[Si](C)C. The number of carbonyl (C=O) groups excluding carboxylic acids is 4. The molecule has 1 aliphatic rings. The second-order valence-electron chi connectivity index (χ2n) is 8.12. The molecule has 34 heavy (non-hydrogen) atoms. The molecular formula is C23H31O10Si. The first kappa shape index (κ1) is 27.6. The van der Waals surface area contributed by atoms with E-state index in [2.05, 4.69) is 0 Å². The lowest BCUT2D eigenvalue weighted by Gasteiger charge is -2.30. The molecule has 1 aromatic rings. The van der Waals surface area contributed by atoms with Gasteiger partial charge in [-0.2, -0.15) is 0 Å². The fraction of sp³-hybridized carbons (Fsp3) is 0.565. The minimum Gasteiger partial charge on any atom is -0.463 e. The Kier molecular flexibility index (Phi) is 10.8. The number of benzene rings is 1. The Labute approximate surface area is 200 Å². The lowest BCUT2D eigenvalue weighted by atomic mass is 9.73. The highest BCUT2D eigenvalue weighted by atomic mass is 28.3. The van der Waals surface area contributed by atoms with Gasteiger partial charge in [-0.1, -0.05) is 37.3 Å². The number of rotatable bonds is 14. The van der Waals surface area contributed by atoms with Gasteiger partial charge in [0.25, 0.3) is 6.47 Å². The number of aliphatic hydroxyl groups excluding tert-OH is 1. The van der Waals surface area contributed by atoms with Crippen LogP contribution < -0.4 is 0 Å². The summed E-state index contributed by atoms with van der Waals surface area (Å²) in [6, 6.07) is 9.13. The number of hydrogen-bond acceptors (Lipinski definition) is 10. The Morgan fingerprint density at radius 3 is 2.41 bits per heavy atom. The Morgan fingerprint density at radius 1 is 1.18 bits per heavy atom. The highest BCUT2D eigenvalue weighted by Gasteiger charge is 2.55. The predicted octanol–water partition coefficient (Wildman–Crippen LogP) is 1.78. The molecule has 1 heterocycles. The average Bonchev–Trinajstić information content (AvgIpc) is 3.09. The van der Waals surface area contributed by atoms with Gasteiger partial charge in [-0.25, -0.2) is 0 Å². The quantitative estimate of drug-likeness (QED) is 0.102. The summed E-state index contributed by atoms with van der Waals surface area (Å²) in [5.41, 5.74) is 0.817. The maximum absolute atomic E-state index is 12.7. The fourth-order valence-electron chi connectivity index (χ4n) is 3.95. The molecule has 1 saturated heterocycles. The lowest BCUT2D eigenvalue weighted by Crippen LogP contribution is -2.43. The normalized spacial score (nSPS) is 21.5. The van der Waals surface area contributed by atoms with Crippen molar-refractivity contribution in [2.24, 2.45) is 17.8 Å². The monoisotopic (exact) mass is 495 g/mol. The van der Waals surface area contributed by atoms with Crippen LogP contribution in [0.2, 0.25) is 13.1 Å². The van der Waals surface area contributed by atoms with E-state index in [1.165, 1.54) is 6.92 Å². The third kappa shape index (κ3) is 7.20. The average molecular weight is 496 g/mol. The molecule has 1 aliphatic heterocycles. The molecule has 1 radical (unpaired) electrons. The molecule has 0 aliphatic carbocycles. The molecule has 6 unspecified atom stereocenters. The van der Waals surface area contributed by atoms with E-state index in [0.29, 0.717) is 6.42 Å². The third-order valence-electron chi connectivity index (χ3n) is 5.64. The zero-order chi connectivity index (χ0) is 25.3. The lowest BCUT2D eigenvalue weighted by molar-refractivity contribution is -0.187. The highest BCUT2D eigenvalue weighted by Crippen LogP contribution is 2.42. The van der Waals surface area contributed by atoms with Crippen molar-refractivity contribution < 1.29 is 47.7 Å². The highest BCUT2D eigenvalue weighted by molar-refractivity contribution is 6.48. The summed E-state index contributed by atoms with van der Waals surface area (Å²) in [6.07, 6.45) is -2.22. The van der Waals surface area contributed by atoms with Crippen molar-refractivity contribution in [1.82, 2.24) is 0 Å². The number of carbonyl (C=O) groups is 4. The van der Waals surface area contributed by atoms with Gasteiger partial charge in [0.05, 0.1) is 11.8 Å². The van der Waals surface area contributed by atoms with E-state index >= 15 is 0 Å². The van der Waals surface area contributed by atoms with E-state index in [1.54, 1.807) is 0 Å². The summed E-state index contributed by atoms with van der Waals surface area (Å²) in [4.78, 5) is 49.3. The van der Waals surface area contributed by atoms with Gasteiger partial charge >= 0.3 is 17.9 Å². The van der Waals surface area contributed by atoms with Crippen molar-refractivity contribution >= 4 is 33.4 Å². The van der Waals surface area contributed by atoms with Gasteiger partial charge in [-0.05, 0) is 37.9 Å². The number of hydrogen-bond donors (Lipinski definition) is 1. The van der Waals surface area contributed by atoms with Crippen LogP contribution in [0, 0.1) is 17.8 Å². The van der Waals surface area contributed by atoms with Gasteiger partial charge in [-0.3, -0.25) is 19.2 Å². The van der Waals surface area contributed by atoms with Crippen molar-refractivity contribution in [3.8, 4) is 0 Å². The molecule has 11 heteroatoms. The zero-order valence-electron chi connectivity index (χ0n) is 19.7. The molecule has 0 bridgehead atoms. The van der Waals surface area contributed by atoms with Crippen LogP contribution in [-0.2, 0) is 42.6 Å². The third-order valence-corrected chi connectivity index (χ3v) is 6.34. The van der Waals surface area contributed by atoms with Crippen LogP contribution in [-0.4, -0.2) is 64.3 Å². The van der Waals surface area contributed by atoms with E-state index in [9.17, 15) is 24.3 Å². The maximum atomic E-state index is 12.7. The van der Waals surface area contributed by atoms with Crippen LogP contribution in [0.25, 0.3) is 0 Å². The molecule has 6 atom stereocenters. The molecule has 1 aromatic carbocycles. The van der Waals surface area contributed by atoms with E-state index < -0.39 is 69.6 Å². The van der Waals surface area contributed by atoms with Crippen molar-refractivity contribution in [3.63, 3.8) is 0 Å². The molecule has 1 fully saturated rings. The minimum atomic E-state index is -1.42. The summed E-state index contributed by atoms with van der Waals surface area (Å²) in [5, 5.41) is 9.82. The summed E-state index contributed by atoms with van der Waals surface area (Å²) in [7, 11) is -1.01. The van der Waals surface area contributed by atoms with Gasteiger partial charge in [0.1, 0.15) is 25.4 Å². The predicted molar refractivity (Wildman–Crippen MR) is 119 cm³/mol. The molecule has 0 spiro atoms. The fourth-order valence-corrected chi connectivity index (χ4v) is 4.26. The number of ether oxygens (including phenoxy) is 4. The standard InChI is InChI=1S/C23H31O10Si/c1-5-16(15-9-7-6-8-10-15)18-19(23(28)33-22(18)27)20(30-12-24)14(2)21(26)29-11-17(25)31-13-32-34(3)4/h6-10,12,14,16-20,25H,5,11,13H2,1-4H3. The maximum Gasteiger partial charge on any atom is 0.321 e. The molecule has 187 valence electrons. The number of cyclic esters (lactones) is 2. The molecule has 0 amide bonds. The first-order chi connectivity index (χ1) is 16.2. The van der Waals surface area contributed by atoms with Crippen LogP contribution >= 0.6 is 0 Å². The Morgan fingerprint density at radius 2 is 1.82 bits per heavy atom. The molecule has 0 aromatic heterocycles. The topological polar surface area (TPSA) is 135 Å². The van der Waals surface area contributed by atoms with Gasteiger partial charge in [0, 0.05) is 0 Å². The van der Waals surface area contributed by atoms with Crippen molar-refractivity contribution in [2.75, 3.05) is 13.4 Å². The van der Waals surface area contributed by atoms with Crippen LogP contribution in [0.1, 0.15) is 31.7 Å². The number of aliphatic hydroxyl groups is 1. The minimum absolute atomic E-state index is 0.120. The second kappa shape index (κ2) is 13.3. The van der Waals surface area contributed by atoms with Crippen LogP contribution in [0.5, 0.6) is 0 Å². The van der Waals surface area contributed by atoms with Gasteiger partial charge < -0.3 is 28.5 Å². The smallest absolute Gasteiger partial charge is 0.321 e. The first-order valence-corrected chi connectivity index (χ1v) is 13.4. The van der Waals surface area contributed by atoms with Crippen LogP contribution in [0.3, 0.4) is 0 Å². The zero-order valence-corrected chi connectivity index (χ0v) is 20.7. The molecular weight excluding hydrogens is 464 g/mol. The molecule has 2 rings (SSSR count). The second-order valence-corrected chi connectivity index (χ2v) is 10.2. The molecule has 0 saturated carbocycles. The van der Waals surface area contributed by atoms with E-state index in [0.717, 1.165) is 5.56 Å². The van der Waals surface area contributed by atoms with E-state index in [-0.39, 0.29) is 13.3 Å². The van der Waals surface area contributed by atoms with Gasteiger partial charge in [0.15, 0.2) is 6.29 Å². The summed E-state index contributed by atoms with van der Waals surface area (Å²) in [6.45, 7) is 6.53. The summed E-state index contributed by atoms with van der Waals surface area (Å²) < 4.78 is 25.4. The van der Waals surface area contributed by atoms with E-state index in [1.807, 2.05) is 50.3 Å². The Bertz CT molecular complexity index is 830. The molecule has 10 nitrogen and oxygen atoms in total. The van der Waals surface area contributed by atoms with Crippen molar-refractivity contribution in [3.05, 3.63) is 35.9 Å². The van der Waals surface area contributed by atoms with Crippen molar-refractivity contribution in [1.29, 1.82) is 0 Å². The van der Waals surface area contributed by atoms with Crippen LogP contribution in [0.15, 0.2) is 30.3 Å². The molecule has 1 N–H and O–H groups in total.